The van der Waals surface area contributed by atoms with Crippen LogP contribution in [0.15, 0.2) is 48.5 Å². The van der Waals surface area contributed by atoms with Crippen LogP contribution in [-0.2, 0) is 43.4 Å². The summed E-state index contributed by atoms with van der Waals surface area (Å²) in [6, 6.07) is 8.58. The molecule has 14 heteroatoms. The number of hydrogen-bond donors (Lipinski definition) is 6. The summed E-state index contributed by atoms with van der Waals surface area (Å²) in [7, 11) is -10.1. The van der Waals surface area contributed by atoms with Crippen molar-refractivity contribution < 1.29 is 57.3 Å². The van der Waals surface area contributed by atoms with Crippen molar-refractivity contribution in [3.63, 3.8) is 0 Å². The Kier molecular flexibility index (Phi) is 7.65. The molecule has 0 amide bonds. The number of benzene rings is 2. The number of carboxylic acid groups (broad SMARTS) is 2. The number of alkyl halides is 2. The summed E-state index contributed by atoms with van der Waals surface area (Å²) in [6.45, 7) is 0. The maximum atomic E-state index is 13.8. The summed E-state index contributed by atoms with van der Waals surface area (Å²) in [5.41, 5.74) is -7.40. The quantitative estimate of drug-likeness (QED) is 0.205. The summed E-state index contributed by atoms with van der Waals surface area (Å²) in [5.74, 6) is -3.42. The van der Waals surface area contributed by atoms with E-state index in [9.17, 15) is 37.7 Å². The molecule has 0 fully saturated rings. The lowest BCUT2D eigenvalue weighted by Crippen LogP contribution is -2.43. The first-order chi connectivity index (χ1) is 15.0. The lowest BCUT2D eigenvalue weighted by atomic mass is 9.76. The van der Waals surface area contributed by atoms with Gasteiger partial charge in [-0.3, -0.25) is 18.7 Å². The highest BCUT2D eigenvalue weighted by molar-refractivity contribution is 7.52. The molecule has 0 saturated heterocycles. The molecular formula is C19H20F2O10P2. The third-order valence-corrected chi connectivity index (χ3v) is 6.68. The molecule has 0 aliphatic carbocycles. The van der Waals surface area contributed by atoms with Crippen LogP contribution in [0.3, 0.4) is 0 Å². The van der Waals surface area contributed by atoms with E-state index < -0.39 is 62.8 Å². The predicted molar refractivity (Wildman–Crippen MR) is 110 cm³/mol. The van der Waals surface area contributed by atoms with Crippen molar-refractivity contribution in [2.24, 2.45) is 5.41 Å². The van der Waals surface area contributed by atoms with E-state index >= 15 is 0 Å². The minimum absolute atomic E-state index is 0.0168. The van der Waals surface area contributed by atoms with E-state index in [0.717, 1.165) is 12.1 Å². The van der Waals surface area contributed by atoms with Gasteiger partial charge >= 0.3 is 32.8 Å². The zero-order valence-corrected chi connectivity index (χ0v) is 18.5. The molecule has 0 aromatic heterocycles. The van der Waals surface area contributed by atoms with Crippen molar-refractivity contribution in [1.82, 2.24) is 0 Å². The first-order valence-electron chi connectivity index (χ1n) is 9.10. The van der Waals surface area contributed by atoms with Crippen molar-refractivity contribution in [2.45, 2.75) is 24.7 Å². The smallest absolute Gasteiger partial charge is 0.399 e. The summed E-state index contributed by atoms with van der Waals surface area (Å²) < 4.78 is 49.7. The zero-order chi connectivity index (χ0) is 25.2. The maximum absolute atomic E-state index is 13.8. The van der Waals surface area contributed by atoms with E-state index in [1.165, 1.54) is 24.3 Å². The van der Waals surface area contributed by atoms with Crippen LogP contribution in [0.4, 0.5) is 8.78 Å². The Balaban J connectivity index is 2.35. The number of aliphatic carboxylic acids is 2. The minimum atomic E-state index is -5.81. The number of carboxylic acids is 2. The molecule has 0 saturated carbocycles. The van der Waals surface area contributed by atoms with Crippen molar-refractivity contribution in [1.29, 1.82) is 0 Å². The fourth-order valence-corrected chi connectivity index (χ4v) is 4.32. The fraction of sp³-hybridized carbons (Fsp3) is 0.263. The highest BCUT2D eigenvalue weighted by atomic mass is 31.2. The predicted octanol–water partition coefficient (Wildman–Crippen LogP) is 2.53. The molecule has 0 aliphatic rings. The first-order valence-corrected chi connectivity index (χ1v) is 12.5. The van der Waals surface area contributed by atoms with Gasteiger partial charge in [0, 0.05) is 5.56 Å². The normalized spacial score (nSPS) is 13.0. The molecular weight excluding hydrogens is 488 g/mol. The van der Waals surface area contributed by atoms with Gasteiger partial charge < -0.3 is 29.8 Å². The molecule has 0 atom stereocenters. The number of carbonyl (C=O) groups is 2. The summed E-state index contributed by atoms with van der Waals surface area (Å²) in [4.78, 5) is 59.6. The molecule has 180 valence electrons. The van der Waals surface area contributed by atoms with Crippen molar-refractivity contribution in [3.05, 3.63) is 70.8 Å². The third kappa shape index (κ3) is 6.32. The Bertz CT molecular complexity index is 1110. The lowest BCUT2D eigenvalue weighted by molar-refractivity contribution is -0.164. The molecule has 2 aromatic rings. The fourth-order valence-electron chi connectivity index (χ4n) is 3.15. The van der Waals surface area contributed by atoms with Crippen LogP contribution >= 0.6 is 15.2 Å². The van der Waals surface area contributed by atoms with Gasteiger partial charge in [0.1, 0.15) is 0 Å². The van der Waals surface area contributed by atoms with E-state index in [4.69, 9.17) is 19.6 Å². The molecule has 0 bridgehead atoms. The zero-order valence-electron chi connectivity index (χ0n) is 16.7. The Hall–Kier alpha value is -2.46. The van der Waals surface area contributed by atoms with E-state index in [-0.39, 0.29) is 16.7 Å². The van der Waals surface area contributed by atoms with Gasteiger partial charge in [-0.2, -0.15) is 8.78 Å². The van der Waals surface area contributed by atoms with Crippen LogP contribution in [0.5, 0.6) is 0 Å². The van der Waals surface area contributed by atoms with Crippen molar-refractivity contribution in [3.8, 4) is 0 Å². The van der Waals surface area contributed by atoms with Gasteiger partial charge in [-0.25, -0.2) is 0 Å². The van der Waals surface area contributed by atoms with Gasteiger partial charge in [-0.15, -0.1) is 0 Å². The largest absolute Gasteiger partial charge is 0.480 e. The van der Waals surface area contributed by atoms with Gasteiger partial charge in [0.15, 0.2) is 5.41 Å². The summed E-state index contributed by atoms with van der Waals surface area (Å²) >= 11 is 0. The Morgan fingerprint density at radius 2 is 1.09 bits per heavy atom. The van der Waals surface area contributed by atoms with Crippen LogP contribution in [-0.4, -0.2) is 41.7 Å². The topological polar surface area (TPSA) is 190 Å². The Morgan fingerprint density at radius 3 is 1.42 bits per heavy atom. The molecule has 10 nitrogen and oxygen atoms in total. The minimum Gasteiger partial charge on any atom is -0.480 e. The van der Waals surface area contributed by atoms with Gasteiger partial charge in [0.2, 0.25) is 0 Å². The molecule has 2 rings (SSSR count). The van der Waals surface area contributed by atoms with E-state index in [1.807, 2.05) is 0 Å². The van der Waals surface area contributed by atoms with Gasteiger partial charge in [-0.1, -0.05) is 48.5 Å². The Morgan fingerprint density at radius 1 is 0.727 bits per heavy atom. The monoisotopic (exact) mass is 508 g/mol. The molecule has 0 radical (unpaired) electrons. The Labute approximate surface area is 185 Å². The van der Waals surface area contributed by atoms with E-state index in [1.54, 1.807) is 0 Å². The first kappa shape index (κ1) is 26.8. The number of hydrogen-bond acceptors (Lipinski definition) is 4. The van der Waals surface area contributed by atoms with Crippen LogP contribution in [0.1, 0.15) is 22.3 Å². The van der Waals surface area contributed by atoms with Gasteiger partial charge in [-0.05, 0) is 29.5 Å². The SMILES string of the molecule is O=C(O)C(Cc1ccc(CP(=O)(O)O)cc1)(Cc1ccc(C(F)(F)P(=O)(O)O)cc1)C(=O)O. The lowest BCUT2D eigenvalue weighted by Gasteiger charge is -2.26. The van der Waals surface area contributed by atoms with Gasteiger partial charge in [0.05, 0.1) is 6.16 Å². The molecule has 2 aromatic carbocycles. The highest BCUT2D eigenvalue weighted by Gasteiger charge is 2.50. The third-order valence-electron chi connectivity index (χ3n) is 4.91. The van der Waals surface area contributed by atoms with Crippen molar-refractivity contribution >= 4 is 27.1 Å². The molecule has 33 heavy (non-hydrogen) atoms. The summed E-state index contributed by atoms with van der Waals surface area (Å²) in [5, 5.41) is 19.4. The van der Waals surface area contributed by atoms with Crippen LogP contribution in [0.2, 0.25) is 0 Å². The average molecular weight is 508 g/mol. The maximum Gasteiger partial charge on any atom is 0.399 e. The van der Waals surface area contributed by atoms with Crippen molar-refractivity contribution in [2.75, 3.05) is 0 Å². The second-order valence-electron chi connectivity index (χ2n) is 7.47. The highest BCUT2D eigenvalue weighted by Crippen LogP contribution is 2.59. The number of halogens is 2. The van der Waals surface area contributed by atoms with E-state index in [2.05, 4.69) is 0 Å². The van der Waals surface area contributed by atoms with Crippen LogP contribution in [0, 0.1) is 5.41 Å². The van der Waals surface area contributed by atoms with Crippen LogP contribution in [0.25, 0.3) is 0 Å². The second kappa shape index (κ2) is 9.42. The molecule has 0 heterocycles. The second-order valence-corrected chi connectivity index (χ2v) is 10.8. The molecule has 0 unspecified atom stereocenters. The molecule has 0 aliphatic heterocycles. The average Bonchev–Trinajstić information content (AvgIpc) is 2.67. The van der Waals surface area contributed by atoms with E-state index in [0.29, 0.717) is 12.1 Å². The standard InChI is InChI=1S/C19H20F2O10P2/c20-19(21,33(29,30)31)15-7-5-13(6-8-15)10-18(16(22)23,17(24)25)9-12-1-3-14(4-2-12)11-32(26,27)28/h1-8H,9-11H2,(H,22,23)(H,24,25)(H2,26,27,28)(H2,29,30,31). The van der Waals surface area contributed by atoms with Gasteiger partial charge in [0.25, 0.3) is 0 Å². The molecule has 6 N–H and O–H groups in total. The summed E-state index contributed by atoms with van der Waals surface area (Å²) in [6.07, 6.45) is -1.72. The number of rotatable bonds is 10. The molecule has 0 spiro atoms. The van der Waals surface area contributed by atoms with Crippen LogP contribution < -0.4 is 0 Å².